The number of benzene rings is 1. The van der Waals surface area contributed by atoms with E-state index in [-0.39, 0.29) is 0 Å². The van der Waals surface area contributed by atoms with Crippen molar-refractivity contribution in [1.29, 1.82) is 0 Å². The molecule has 1 heterocycles. The summed E-state index contributed by atoms with van der Waals surface area (Å²) < 4.78 is 0. The van der Waals surface area contributed by atoms with Gasteiger partial charge in [0.25, 0.3) is 0 Å². The van der Waals surface area contributed by atoms with E-state index < -0.39 is 0 Å². The van der Waals surface area contributed by atoms with E-state index in [9.17, 15) is 0 Å². The highest BCUT2D eigenvalue weighted by atomic mass is 32.2. The second-order valence-electron chi connectivity index (χ2n) is 6.00. The molecule has 2 nitrogen and oxygen atoms in total. The summed E-state index contributed by atoms with van der Waals surface area (Å²) in [5.74, 6) is 0.963. The maximum absolute atomic E-state index is 3.81. The molecule has 0 saturated carbocycles. The number of hydrogen-bond donors (Lipinski definition) is 1. The summed E-state index contributed by atoms with van der Waals surface area (Å²) in [4.78, 5) is 3.93. The van der Waals surface area contributed by atoms with Gasteiger partial charge in [-0.15, -0.1) is 18.3 Å². The number of rotatable bonds is 6. The third-order valence-electron chi connectivity index (χ3n) is 4.10. The second kappa shape index (κ2) is 8.50. The van der Waals surface area contributed by atoms with Crippen molar-refractivity contribution in [2.45, 2.75) is 50.1 Å². The van der Waals surface area contributed by atoms with Gasteiger partial charge in [0.2, 0.25) is 0 Å². The van der Waals surface area contributed by atoms with E-state index in [0.717, 1.165) is 5.75 Å². The highest BCUT2D eigenvalue weighted by Gasteiger charge is 2.19. The van der Waals surface area contributed by atoms with Crippen LogP contribution in [0.1, 0.15) is 33.1 Å². The molecule has 2 rings (SSSR count). The summed E-state index contributed by atoms with van der Waals surface area (Å²) in [6.07, 6.45) is 5.76. The normalized spacial score (nSPS) is 20.2. The molecule has 1 saturated heterocycles. The minimum absolute atomic E-state index is 0.597. The summed E-state index contributed by atoms with van der Waals surface area (Å²) in [5.41, 5.74) is 1.28. The quantitative estimate of drug-likeness (QED) is 0.609. The molecular weight excluding hydrogens is 276 g/mol. The molecule has 1 atom stereocenters. The minimum Gasteiger partial charge on any atom is -0.381 e. The lowest BCUT2D eigenvalue weighted by Gasteiger charge is -2.24. The zero-order valence-electron chi connectivity index (χ0n) is 13.3. The highest BCUT2D eigenvalue weighted by Crippen LogP contribution is 2.29. The fraction of sp³-hybridized carbons (Fsp3) is 0.556. The Kier molecular flexibility index (Phi) is 6.65. The molecule has 0 radical (unpaired) electrons. The monoisotopic (exact) mass is 304 g/mol. The van der Waals surface area contributed by atoms with Crippen LogP contribution in [0, 0.1) is 0 Å². The Bertz CT molecular complexity index is 445. The van der Waals surface area contributed by atoms with Gasteiger partial charge >= 0.3 is 0 Å². The van der Waals surface area contributed by atoms with Gasteiger partial charge in [0.05, 0.1) is 0 Å². The van der Waals surface area contributed by atoms with Crippen LogP contribution < -0.4 is 5.32 Å². The molecule has 1 N–H and O–H groups in total. The number of anilines is 1. The lowest BCUT2D eigenvalue weighted by molar-refractivity contribution is 0.230. The molecule has 0 aromatic heterocycles. The smallest absolute Gasteiger partial charge is 0.0480 e. The second-order valence-corrected chi connectivity index (χ2v) is 7.06. The van der Waals surface area contributed by atoms with Gasteiger partial charge in [0.1, 0.15) is 0 Å². The summed E-state index contributed by atoms with van der Waals surface area (Å²) >= 11 is 1.86. The van der Waals surface area contributed by atoms with E-state index >= 15 is 0 Å². The third-order valence-corrected chi connectivity index (χ3v) is 5.17. The summed E-state index contributed by atoms with van der Waals surface area (Å²) in [6.45, 7) is 10.9. The fourth-order valence-corrected chi connectivity index (χ4v) is 3.61. The Morgan fingerprint density at radius 1 is 1.33 bits per heavy atom. The van der Waals surface area contributed by atoms with Crippen LogP contribution in [-0.2, 0) is 0 Å². The lowest BCUT2D eigenvalue weighted by Crippen LogP contribution is -2.32. The molecule has 1 aliphatic heterocycles. The molecule has 0 amide bonds. The van der Waals surface area contributed by atoms with Crippen LogP contribution in [0.2, 0.25) is 0 Å². The van der Waals surface area contributed by atoms with E-state index in [1.54, 1.807) is 0 Å². The van der Waals surface area contributed by atoms with Gasteiger partial charge < -0.3 is 10.2 Å². The Morgan fingerprint density at radius 3 is 2.90 bits per heavy atom. The zero-order valence-corrected chi connectivity index (χ0v) is 14.2. The van der Waals surface area contributed by atoms with Gasteiger partial charge in [-0.3, -0.25) is 0 Å². The van der Waals surface area contributed by atoms with E-state index in [1.165, 1.54) is 42.9 Å². The van der Waals surface area contributed by atoms with Crippen LogP contribution in [0.5, 0.6) is 0 Å². The predicted octanol–water partition coefficient (Wildman–Crippen LogP) is 4.64. The topological polar surface area (TPSA) is 15.3 Å². The molecule has 21 heavy (non-hydrogen) atoms. The number of likely N-dealkylation sites (tertiary alicyclic amines) is 1. The molecule has 1 aliphatic rings. The largest absolute Gasteiger partial charge is 0.381 e. The number of para-hydroxylation sites is 1. The van der Waals surface area contributed by atoms with Crippen LogP contribution in [0.3, 0.4) is 0 Å². The first-order valence-electron chi connectivity index (χ1n) is 8.04. The molecule has 0 spiro atoms. The summed E-state index contributed by atoms with van der Waals surface area (Å²) in [5, 5.41) is 3.78. The average Bonchev–Trinajstić information content (AvgIpc) is 2.72. The van der Waals surface area contributed by atoms with Crippen molar-refractivity contribution in [1.82, 2.24) is 4.90 Å². The van der Waals surface area contributed by atoms with Crippen LogP contribution >= 0.6 is 11.8 Å². The molecule has 1 aromatic carbocycles. The van der Waals surface area contributed by atoms with Crippen molar-refractivity contribution in [2.75, 3.05) is 24.2 Å². The molecule has 0 aliphatic carbocycles. The molecule has 1 fully saturated rings. The van der Waals surface area contributed by atoms with Crippen molar-refractivity contribution in [3.8, 4) is 0 Å². The molecule has 116 valence electrons. The first-order chi connectivity index (χ1) is 10.2. The average molecular weight is 305 g/mol. The van der Waals surface area contributed by atoms with Gasteiger partial charge in [-0.05, 0) is 51.8 Å². The zero-order chi connectivity index (χ0) is 15.1. The van der Waals surface area contributed by atoms with Gasteiger partial charge in [-0.1, -0.05) is 18.2 Å². The molecule has 1 aromatic rings. The van der Waals surface area contributed by atoms with Gasteiger partial charge in [0.15, 0.2) is 0 Å². The van der Waals surface area contributed by atoms with Crippen LogP contribution in [0.15, 0.2) is 41.8 Å². The Labute approximate surface area is 134 Å². The van der Waals surface area contributed by atoms with E-state index in [0.29, 0.717) is 12.1 Å². The van der Waals surface area contributed by atoms with Crippen molar-refractivity contribution >= 4 is 17.4 Å². The summed E-state index contributed by atoms with van der Waals surface area (Å²) in [7, 11) is 0. The van der Waals surface area contributed by atoms with Gasteiger partial charge in [-0.25, -0.2) is 0 Å². The van der Waals surface area contributed by atoms with E-state index in [1.807, 2.05) is 17.8 Å². The Balaban J connectivity index is 1.96. The standard InChI is InChI=1S/C18H28N2S/c1-4-14-21-18-10-6-5-9-17(18)19-16-8-7-12-20(13-11-16)15(2)3/h4-6,9-10,15-16,19H,1,7-8,11-14H2,2-3H3. The van der Waals surface area contributed by atoms with Crippen LogP contribution in [0.4, 0.5) is 5.69 Å². The first-order valence-corrected chi connectivity index (χ1v) is 9.02. The van der Waals surface area contributed by atoms with E-state index in [4.69, 9.17) is 0 Å². The number of nitrogens with one attached hydrogen (secondary N) is 1. The van der Waals surface area contributed by atoms with Crippen molar-refractivity contribution in [3.05, 3.63) is 36.9 Å². The predicted molar refractivity (Wildman–Crippen MR) is 95.3 cm³/mol. The molecular formula is C18H28N2S. The molecule has 3 heteroatoms. The van der Waals surface area contributed by atoms with Crippen molar-refractivity contribution in [3.63, 3.8) is 0 Å². The number of hydrogen-bond acceptors (Lipinski definition) is 3. The summed E-state index contributed by atoms with van der Waals surface area (Å²) in [6, 6.07) is 9.91. The van der Waals surface area contributed by atoms with Crippen molar-refractivity contribution in [2.24, 2.45) is 0 Å². The molecule has 1 unspecified atom stereocenters. The number of nitrogens with zero attached hydrogens (tertiary/aromatic N) is 1. The maximum Gasteiger partial charge on any atom is 0.0480 e. The molecule has 0 bridgehead atoms. The van der Waals surface area contributed by atoms with Crippen LogP contribution in [-0.4, -0.2) is 35.8 Å². The first kappa shape index (κ1) is 16.4. The lowest BCUT2D eigenvalue weighted by atomic mass is 10.1. The third kappa shape index (κ3) is 5.08. The van der Waals surface area contributed by atoms with Gasteiger partial charge in [-0.2, -0.15) is 0 Å². The van der Waals surface area contributed by atoms with Crippen molar-refractivity contribution < 1.29 is 0 Å². The maximum atomic E-state index is 3.81. The highest BCUT2D eigenvalue weighted by molar-refractivity contribution is 7.99. The SMILES string of the molecule is C=CCSc1ccccc1NC1CCCN(C(C)C)CC1. The number of thioether (sulfide) groups is 1. The fourth-order valence-electron chi connectivity index (χ4n) is 2.86. The minimum atomic E-state index is 0.597. The van der Waals surface area contributed by atoms with Crippen LogP contribution in [0.25, 0.3) is 0 Å². The Morgan fingerprint density at radius 2 is 2.14 bits per heavy atom. The van der Waals surface area contributed by atoms with Gasteiger partial charge in [0, 0.05) is 35.0 Å². The van der Waals surface area contributed by atoms with E-state index in [2.05, 4.69) is 54.9 Å². The Hall–Kier alpha value is -0.930.